The van der Waals surface area contributed by atoms with Gasteiger partial charge in [-0.1, -0.05) is 56.8 Å². The number of benzene rings is 1. The fraction of sp³-hybridized carbons (Fsp3) is 0.556. The summed E-state index contributed by atoms with van der Waals surface area (Å²) in [6.07, 6.45) is 4.25. The van der Waals surface area contributed by atoms with Gasteiger partial charge < -0.3 is 9.64 Å². The molecule has 23 heavy (non-hydrogen) atoms. The Morgan fingerprint density at radius 2 is 1.91 bits per heavy atom. The summed E-state index contributed by atoms with van der Waals surface area (Å²) in [6, 6.07) is 7.00. The number of rotatable bonds is 9. The lowest BCUT2D eigenvalue weighted by Gasteiger charge is -2.25. The van der Waals surface area contributed by atoms with E-state index in [0.717, 1.165) is 25.7 Å². The molecule has 4 nitrogen and oxygen atoms in total. The second-order valence-electron chi connectivity index (χ2n) is 5.72. The first-order chi connectivity index (χ1) is 11.0. The van der Waals surface area contributed by atoms with Crippen molar-refractivity contribution >= 4 is 23.5 Å². The molecular weight excluding hydrogens is 314 g/mol. The van der Waals surface area contributed by atoms with Gasteiger partial charge in [-0.2, -0.15) is 0 Å². The summed E-state index contributed by atoms with van der Waals surface area (Å²) >= 11 is 6.13. The molecule has 5 heteroatoms. The third-order valence-corrected chi connectivity index (χ3v) is 4.10. The van der Waals surface area contributed by atoms with Gasteiger partial charge in [-0.15, -0.1) is 0 Å². The Labute approximate surface area is 143 Å². The van der Waals surface area contributed by atoms with Crippen molar-refractivity contribution in [1.82, 2.24) is 4.90 Å². The molecule has 1 aromatic carbocycles. The molecule has 128 valence electrons. The van der Waals surface area contributed by atoms with Gasteiger partial charge in [0.15, 0.2) is 0 Å². The van der Waals surface area contributed by atoms with Gasteiger partial charge >= 0.3 is 5.97 Å². The first-order valence-corrected chi connectivity index (χ1v) is 8.50. The van der Waals surface area contributed by atoms with Crippen molar-refractivity contribution in [2.24, 2.45) is 5.92 Å². The largest absolute Gasteiger partial charge is 0.469 e. The monoisotopic (exact) mass is 339 g/mol. The molecular formula is C18H26ClNO3. The van der Waals surface area contributed by atoms with Gasteiger partial charge in [-0.25, -0.2) is 0 Å². The van der Waals surface area contributed by atoms with E-state index in [1.54, 1.807) is 36.1 Å². The Balaban J connectivity index is 2.82. The van der Waals surface area contributed by atoms with Crippen molar-refractivity contribution in [2.45, 2.75) is 39.5 Å². The number of ether oxygens (including phenoxy) is 1. The summed E-state index contributed by atoms with van der Waals surface area (Å²) in [5.41, 5.74) is 0.474. The van der Waals surface area contributed by atoms with Gasteiger partial charge in [0.05, 0.1) is 23.6 Å². The lowest BCUT2D eigenvalue weighted by atomic mass is 10.1. The van der Waals surface area contributed by atoms with E-state index in [9.17, 15) is 9.59 Å². The molecule has 0 aliphatic rings. The van der Waals surface area contributed by atoms with E-state index >= 15 is 0 Å². The van der Waals surface area contributed by atoms with Crippen LogP contribution in [0.15, 0.2) is 24.3 Å². The van der Waals surface area contributed by atoms with Crippen LogP contribution in [0.2, 0.25) is 5.02 Å². The zero-order chi connectivity index (χ0) is 17.2. The minimum atomic E-state index is -0.363. The highest BCUT2D eigenvalue weighted by molar-refractivity contribution is 6.33. The zero-order valence-electron chi connectivity index (χ0n) is 14.2. The third-order valence-electron chi connectivity index (χ3n) is 3.77. The Kier molecular flexibility index (Phi) is 8.70. The molecule has 0 aromatic heterocycles. The molecule has 1 atom stereocenters. The molecule has 0 radical (unpaired) electrons. The van der Waals surface area contributed by atoms with Gasteiger partial charge in [0.25, 0.3) is 5.91 Å². The molecule has 1 aromatic rings. The minimum Gasteiger partial charge on any atom is -0.469 e. The average Bonchev–Trinajstić information content (AvgIpc) is 2.56. The SMILES string of the molecule is CCCCCCN(CC(C)C(=O)OC)C(=O)c1ccccc1Cl. The van der Waals surface area contributed by atoms with E-state index in [1.165, 1.54) is 7.11 Å². The maximum Gasteiger partial charge on any atom is 0.310 e. The maximum atomic E-state index is 12.8. The van der Waals surface area contributed by atoms with Crippen molar-refractivity contribution in [1.29, 1.82) is 0 Å². The molecule has 0 N–H and O–H groups in total. The number of esters is 1. The topological polar surface area (TPSA) is 46.6 Å². The molecule has 1 rings (SSSR count). The number of unbranched alkanes of at least 4 members (excludes halogenated alkanes) is 3. The number of carbonyl (C=O) groups excluding carboxylic acids is 2. The van der Waals surface area contributed by atoms with Gasteiger partial charge in [-0.3, -0.25) is 9.59 Å². The molecule has 0 spiro atoms. The summed E-state index contributed by atoms with van der Waals surface area (Å²) in [7, 11) is 1.36. The van der Waals surface area contributed by atoms with Crippen molar-refractivity contribution < 1.29 is 14.3 Å². The Bertz CT molecular complexity index is 519. The number of hydrogen-bond acceptors (Lipinski definition) is 3. The summed E-state index contributed by atoms with van der Waals surface area (Å²) in [5, 5.41) is 0.432. The normalized spacial score (nSPS) is 11.8. The second-order valence-corrected chi connectivity index (χ2v) is 6.12. The molecule has 0 aliphatic carbocycles. The lowest BCUT2D eigenvalue weighted by molar-refractivity contribution is -0.145. The van der Waals surface area contributed by atoms with Crippen LogP contribution in [0.4, 0.5) is 0 Å². The molecule has 1 amide bonds. The lowest BCUT2D eigenvalue weighted by Crippen LogP contribution is -2.38. The third kappa shape index (κ3) is 6.22. The van der Waals surface area contributed by atoms with E-state index < -0.39 is 0 Å². The highest BCUT2D eigenvalue weighted by Crippen LogP contribution is 2.18. The highest BCUT2D eigenvalue weighted by atomic mass is 35.5. The first kappa shape index (κ1) is 19.5. The number of methoxy groups -OCH3 is 1. The number of nitrogens with zero attached hydrogens (tertiary/aromatic N) is 1. The van der Waals surface area contributed by atoms with Crippen LogP contribution in [0.5, 0.6) is 0 Å². The van der Waals surface area contributed by atoms with Crippen LogP contribution in [0, 0.1) is 5.92 Å². The van der Waals surface area contributed by atoms with E-state index in [0.29, 0.717) is 23.7 Å². The van der Waals surface area contributed by atoms with Crippen LogP contribution in [0.1, 0.15) is 49.9 Å². The number of halogens is 1. The van der Waals surface area contributed by atoms with E-state index in [-0.39, 0.29) is 17.8 Å². The average molecular weight is 340 g/mol. The number of carbonyl (C=O) groups is 2. The molecule has 0 saturated heterocycles. The highest BCUT2D eigenvalue weighted by Gasteiger charge is 2.23. The summed E-state index contributed by atoms with van der Waals surface area (Å²) < 4.78 is 4.76. The van der Waals surface area contributed by atoms with Gasteiger partial charge in [0.1, 0.15) is 0 Å². The Hall–Kier alpha value is -1.55. The predicted molar refractivity (Wildman–Crippen MR) is 92.7 cm³/mol. The minimum absolute atomic E-state index is 0.136. The van der Waals surface area contributed by atoms with Crippen LogP contribution in [0.25, 0.3) is 0 Å². The quantitative estimate of drug-likeness (QED) is 0.501. The smallest absolute Gasteiger partial charge is 0.310 e. The molecule has 0 fully saturated rings. The van der Waals surface area contributed by atoms with Crippen molar-refractivity contribution in [3.05, 3.63) is 34.9 Å². The van der Waals surface area contributed by atoms with Gasteiger partial charge in [0, 0.05) is 13.1 Å². The second kappa shape index (κ2) is 10.3. The molecule has 0 bridgehead atoms. The van der Waals surface area contributed by atoms with E-state index in [2.05, 4.69) is 6.92 Å². The van der Waals surface area contributed by atoms with Crippen molar-refractivity contribution in [2.75, 3.05) is 20.2 Å². The van der Waals surface area contributed by atoms with Gasteiger partial charge in [0.2, 0.25) is 0 Å². The maximum absolute atomic E-state index is 12.8. The molecule has 1 unspecified atom stereocenters. The first-order valence-electron chi connectivity index (χ1n) is 8.12. The summed E-state index contributed by atoms with van der Waals surface area (Å²) in [4.78, 5) is 26.1. The van der Waals surface area contributed by atoms with E-state index in [4.69, 9.17) is 16.3 Å². The molecule has 0 aliphatic heterocycles. The molecule has 0 heterocycles. The van der Waals surface area contributed by atoms with Crippen molar-refractivity contribution in [3.63, 3.8) is 0 Å². The Morgan fingerprint density at radius 1 is 1.22 bits per heavy atom. The van der Waals surface area contributed by atoms with Crippen LogP contribution in [-0.2, 0) is 9.53 Å². The number of amides is 1. The van der Waals surface area contributed by atoms with Crippen LogP contribution in [0.3, 0.4) is 0 Å². The fourth-order valence-corrected chi connectivity index (χ4v) is 2.63. The Morgan fingerprint density at radius 3 is 2.52 bits per heavy atom. The summed E-state index contributed by atoms with van der Waals surface area (Å²) in [6.45, 7) is 4.87. The van der Waals surface area contributed by atoms with Crippen LogP contribution < -0.4 is 0 Å². The fourth-order valence-electron chi connectivity index (χ4n) is 2.42. The van der Waals surface area contributed by atoms with Crippen LogP contribution >= 0.6 is 11.6 Å². The predicted octanol–water partition coefficient (Wildman–Crippen LogP) is 4.17. The van der Waals surface area contributed by atoms with Crippen LogP contribution in [-0.4, -0.2) is 37.0 Å². The van der Waals surface area contributed by atoms with E-state index in [1.807, 2.05) is 0 Å². The summed E-state index contributed by atoms with van der Waals surface area (Å²) in [5.74, 6) is -0.809. The molecule has 0 saturated carbocycles. The standard InChI is InChI=1S/C18H26ClNO3/c1-4-5-6-9-12-20(13-14(2)18(22)23-3)17(21)15-10-7-8-11-16(15)19/h7-8,10-11,14H,4-6,9,12-13H2,1-3H3. The zero-order valence-corrected chi connectivity index (χ0v) is 14.9. The van der Waals surface area contributed by atoms with Gasteiger partial charge in [-0.05, 0) is 18.6 Å². The number of hydrogen-bond donors (Lipinski definition) is 0. The van der Waals surface area contributed by atoms with Crippen molar-refractivity contribution in [3.8, 4) is 0 Å².